The van der Waals surface area contributed by atoms with Crippen molar-refractivity contribution in [2.45, 2.75) is 6.92 Å². The molecule has 0 unspecified atom stereocenters. The summed E-state index contributed by atoms with van der Waals surface area (Å²) in [6.07, 6.45) is 5.06. The van der Waals surface area contributed by atoms with Gasteiger partial charge in [-0.1, -0.05) is 12.1 Å². The highest BCUT2D eigenvalue weighted by atomic mass is 16.1. The number of nitrogens with one attached hydrogen (secondary N) is 2. The summed E-state index contributed by atoms with van der Waals surface area (Å²) in [6.45, 7) is 1.45. The van der Waals surface area contributed by atoms with Gasteiger partial charge in [0.05, 0.1) is 0 Å². The Hall–Kier alpha value is -3.73. The number of hydrogen-bond donors (Lipinski definition) is 2. The van der Waals surface area contributed by atoms with E-state index >= 15 is 0 Å². The number of fused-ring (bicyclic) bond motifs is 1. The first-order chi connectivity index (χ1) is 13.1. The van der Waals surface area contributed by atoms with E-state index in [-0.39, 0.29) is 11.7 Å². The maximum atomic E-state index is 12.9. The molecule has 4 aromatic rings. The fourth-order valence-electron chi connectivity index (χ4n) is 3.20. The third-order valence-electron chi connectivity index (χ3n) is 4.36. The number of H-pyrrole nitrogens is 1. The summed E-state index contributed by atoms with van der Waals surface area (Å²) in [5.41, 5.74) is 4.52. The molecule has 2 aromatic carbocycles. The van der Waals surface area contributed by atoms with Gasteiger partial charge in [-0.15, -0.1) is 0 Å². The second-order valence-electron chi connectivity index (χ2n) is 6.29. The number of anilines is 1. The van der Waals surface area contributed by atoms with Crippen LogP contribution < -0.4 is 5.32 Å². The minimum atomic E-state index is -0.186. The molecular weight excluding hydrogens is 338 g/mol. The standard InChI is InChI=1S/C22H17N3O2/c1-14(26)25-18-12-16(19-3-2-4-21-20(19)7-10-24-21)11-17(13-18)22(27)15-5-8-23-9-6-15/h2-13,24H,1H3,(H,25,26). The average molecular weight is 355 g/mol. The monoisotopic (exact) mass is 355 g/mol. The summed E-state index contributed by atoms with van der Waals surface area (Å²) in [5, 5.41) is 3.85. The zero-order chi connectivity index (χ0) is 18.8. The normalized spacial score (nSPS) is 10.7. The molecule has 1 amide bonds. The fraction of sp³-hybridized carbons (Fsp3) is 0.0455. The molecule has 5 nitrogen and oxygen atoms in total. The maximum absolute atomic E-state index is 12.9. The quantitative estimate of drug-likeness (QED) is 0.532. The van der Waals surface area contributed by atoms with Gasteiger partial charge in [-0.25, -0.2) is 0 Å². The van der Waals surface area contributed by atoms with Crippen molar-refractivity contribution in [3.63, 3.8) is 0 Å². The van der Waals surface area contributed by atoms with E-state index in [1.54, 1.807) is 30.6 Å². The van der Waals surface area contributed by atoms with Crippen LogP contribution in [0.1, 0.15) is 22.8 Å². The van der Waals surface area contributed by atoms with Gasteiger partial charge in [0.2, 0.25) is 5.91 Å². The van der Waals surface area contributed by atoms with Gasteiger partial charge in [0.1, 0.15) is 0 Å². The third-order valence-corrected chi connectivity index (χ3v) is 4.36. The number of carbonyl (C=O) groups excluding carboxylic acids is 2. The summed E-state index contributed by atoms with van der Waals surface area (Å²) in [5.74, 6) is -0.304. The van der Waals surface area contributed by atoms with Crippen molar-refractivity contribution in [3.05, 3.63) is 84.3 Å². The molecule has 0 aliphatic rings. The molecule has 0 saturated carbocycles. The van der Waals surface area contributed by atoms with Crippen LogP contribution in [0.15, 0.2) is 73.2 Å². The second-order valence-corrected chi connectivity index (χ2v) is 6.29. The second kappa shape index (κ2) is 6.88. The van der Waals surface area contributed by atoms with Crippen molar-refractivity contribution < 1.29 is 9.59 Å². The zero-order valence-electron chi connectivity index (χ0n) is 14.7. The lowest BCUT2D eigenvalue weighted by Crippen LogP contribution is -2.08. The molecule has 0 atom stereocenters. The number of ketones is 1. The number of carbonyl (C=O) groups is 2. The Kier molecular flexibility index (Phi) is 4.26. The van der Waals surface area contributed by atoms with E-state index in [9.17, 15) is 9.59 Å². The molecule has 0 aliphatic heterocycles. The highest BCUT2D eigenvalue weighted by Crippen LogP contribution is 2.31. The molecule has 132 valence electrons. The Morgan fingerprint density at radius 1 is 0.963 bits per heavy atom. The van der Waals surface area contributed by atoms with E-state index in [1.807, 2.05) is 42.6 Å². The number of hydrogen-bond acceptors (Lipinski definition) is 3. The van der Waals surface area contributed by atoms with E-state index in [2.05, 4.69) is 15.3 Å². The van der Waals surface area contributed by atoms with Crippen molar-refractivity contribution in [2.24, 2.45) is 0 Å². The van der Waals surface area contributed by atoms with Gasteiger partial charge in [0, 0.05) is 53.2 Å². The highest BCUT2D eigenvalue weighted by Gasteiger charge is 2.14. The Morgan fingerprint density at radius 3 is 2.56 bits per heavy atom. The van der Waals surface area contributed by atoms with Gasteiger partial charge < -0.3 is 10.3 Å². The van der Waals surface area contributed by atoms with Gasteiger partial charge in [0.15, 0.2) is 5.78 Å². The van der Waals surface area contributed by atoms with Crippen molar-refractivity contribution >= 4 is 28.3 Å². The Labute approximate surface area is 156 Å². The Balaban J connectivity index is 1.88. The van der Waals surface area contributed by atoms with Gasteiger partial charge in [-0.2, -0.15) is 0 Å². The molecule has 0 aliphatic carbocycles. The minimum absolute atomic E-state index is 0.118. The van der Waals surface area contributed by atoms with Gasteiger partial charge in [-0.3, -0.25) is 14.6 Å². The van der Waals surface area contributed by atoms with Crippen LogP contribution in [0.2, 0.25) is 0 Å². The molecular formula is C22H17N3O2. The summed E-state index contributed by atoms with van der Waals surface area (Å²) >= 11 is 0. The van der Waals surface area contributed by atoms with Crippen LogP contribution in [0.4, 0.5) is 5.69 Å². The number of benzene rings is 2. The smallest absolute Gasteiger partial charge is 0.221 e. The molecule has 2 heterocycles. The molecule has 4 rings (SSSR count). The first-order valence-corrected chi connectivity index (χ1v) is 8.56. The SMILES string of the molecule is CC(=O)Nc1cc(C(=O)c2ccncc2)cc(-c2cccc3[nH]ccc23)c1. The lowest BCUT2D eigenvalue weighted by molar-refractivity contribution is -0.114. The lowest BCUT2D eigenvalue weighted by Gasteiger charge is -2.11. The zero-order valence-corrected chi connectivity index (χ0v) is 14.7. The molecule has 0 radical (unpaired) electrons. The van der Waals surface area contributed by atoms with E-state index in [4.69, 9.17) is 0 Å². The number of nitrogens with zero attached hydrogens (tertiary/aromatic N) is 1. The molecule has 5 heteroatoms. The predicted molar refractivity (Wildman–Crippen MR) is 106 cm³/mol. The van der Waals surface area contributed by atoms with Gasteiger partial charge in [0.25, 0.3) is 0 Å². The number of rotatable bonds is 4. The third kappa shape index (κ3) is 3.35. The number of aromatic amines is 1. The lowest BCUT2D eigenvalue weighted by atomic mass is 9.96. The molecule has 2 N–H and O–H groups in total. The predicted octanol–water partition coefficient (Wildman–Crippen LogP) is 4.42. The van der Waals surface area contributed by atoms with Crippen molar-refractivity contribution in [1.82, 2.24) is 9.97 Å². The van der Waals surface area contributed by atoms with Crippen molar-refractivity contribution in [3.8, 4) is 11.1 Å². The molecule has 27 heavy (non-hydrogen) atoms. The van der Waals surface area contributed by atoms with Crippen LogP contribution in [0.3, 0.4) is 0 Å². The minimum Gasteiger partial charge on any atom is -0.361 e. The summed E-state index contributed by atoms with van der Waals surface area (Å²) < 4.78 is 0. The van der Waals surface area contributed by atoms with E-state index in [1.165, 1.54) is 6.92 Å². The van der Waals surface area contributed by atoms with Crippen molar-refractivity contribution in [1.29, 1.82) is 0 Å². The molecule has 0 spiro atoms. The number of amides is 1. The summed E-state index contributed by atoms with van der Waals surface area (Å²) in [6, 6.07) is 16.8. The fourth-order valence-corrected chi connectivity index (χ4v) is 3.20. The van der Waals surface area contributed by atoms with Crippen LogP contribution in [0, 0.1) is 0 Å². The van der Waals surface area contributed by atoms with E-state index in [0.29, 0.717) is 16.8 Å². The largest absolute Gasteiger partial charge is 0.361 e. The number of pyridine rings is 1. The first kappa shape index (κ1) is 16.7. The topological polar surface area (TPSA) is 74.8 Å². The van der Waals surface area contributed by atoms with Gasteiger partial charge >= 0.3 is 0 Å². The van der Waals surface area contributed by atoms with E-state index in [0.717, 1.165) is 22.0 Å². The van der Waals surface area contributed by atoms with Crippen molar-refractivity contribution in [2.75, 3.05) is 5.32 Å². The summed E-state index contributed by atoms with van der Waals surface area (Å²) in [7, 11) is 0. The van der Waals surface area contributed by atoms with Crippen LogP contribution in [0.5, 0.6) is 0 Å². The van der Waals surface area contributed by atoms with Crippen LogP contribution in [0.25, 0.3) is 22.0 Å². The molecule has 0 saturated heterocycles. The first-order valence-electron chi connectivity index (χ1n) is 8.56. The number of aromatic nitrogens is 2. The van der Waals surface area contributed by atoms with Crippen LogP contribution in [-0.2, 0) is 4.79 Å². The maximum Gasteiger partial charge on any atom is 0.221 e. The van der Waals surface area contributed by atoms with Gasteiger partial charge in [-0.05, 0) is 53.6 Å². The highest BCUT2D eigenvalue weighted by molar-refractivity contribution is 6.11. The molecule has 2 aromatic heterocycles. The van der Waals surface area contributed by atoms with Crippen LogP contribution >= 0.6 is 0 Å². The average Bonchev–Trinajstić information content (AvgIpc) is 3.16. The Bertz CT molecular complexity index is 1150. The molecule has 0 fully saturated rings. The van der Waals surface area contributed by atoms with E-state index < -0.39 is 0 Å². The summed E-state index contributed by atoms with van der Waals surface area (Å²) in [4.78, 5) is 31.7. The van der Waals surface area contributed by atoms with Crippen LogP contribution in [-0.4, -0.2) is 21.7 Å². The Morgan fingerprint density at radius 2 is 1.78 bits per heavy atom. The molecule has 0 bridgehead atoms.